The first-order chi connectivity index (χ1) is 9.17. The maximum absolute atomic E-state index is 11.5. The molecule has 0 aromatic rings. The number of ether oxygens (including phenoxy) is 1. The van der Waals surface area contributed by atoms with E-state index in [1.165, 1.54) is 0 Å². The standard InChI is InChI=1S/C17H22O2/c1-4-9-16(12-17(18)5-2)14(3)19-13-15-10-7-6-8-11-15/h4,6-10,15H,1,3,5,11-13H2,2H3/b16-9-. The third kappa shape index (κ3) is 5.56. The molecule has 2 heteroatoms. The third-order valence-electron chi connectivity index (χ3n) is 3.00. The number of allylic oxidation sites excluding steroid dienone is 6. The van der Waals surface area contributed by atoms with Crippen LogP contribution in [-0.4, -0.2) is 12.4 Å². The van der Waals surface area contributed by atoms with Crippen LogP contribution in [0.4, 0.5) is 0 Å². The smallest absolute Gasteiger partial charge is 0.137 e. The number of hydrogen-bond donors (Lipinski definition) is 0. The highest BCUT2D eigenvalue weighted by Gasteiger charge is 2.11. The molecule has 0 aromatic heterocycles. The van der Waals surface area contributed by atoms with Gasteiger partial charge in [-0.05, 0) is 6.42 Å². The Bertz CT molecular complexity index is 425. The average Bonchev–Trinajstić information content (AvgIpc) is 2.45. The first kappa shape index (κ1) is 15.2. The van der Waals surface area contributed by atoms with Crippen LogP contribution in [0.3, 0.4) is 0 Å². The second-order valence-electron chi connectivity index (χ2n) is 4.54. The van der Waals surface area contributed by atoms with Gasteiger partial charge in [0.2, 0.25) is 0 Å². The van der Waals surface area contributed by atoms with Gasteiger partial charge in [-0.15, -0.1) is 0 Å². The molecule has 2 nitrogen and oxygen atoms in total. The summed E-state index contributed by atoms with van der Waals surface area (Å²) in [4.78, 5) is 11.5. The van der Waals surface area contributed by atoms with Crippen LogP contribution < -0.4 is 0 Å². The minimum atomic E-state index is 0.179. The van der Waals surface area contributed by atoms with Gasteiger partial charge in [-0.25, -0.2) is 0 Å². The number of carbonyl (C=O) groups is 1. The van der Waals surface area contributed by atoms with Crippen LogP contribution >= 0.6 is 0 Å². The Morgan fingerprint density at radius 1 is 1.47 bits per heavy atom. The van der Waals surface area contributed by atoms with E-state index in [4.69, 9.17) is 4.74 Å². The van der Waals surface area contributed by atoms with Crippen LogP contribution in [0.2, 0.25) is 0 Å². The van der Waals surface area contributed by atoms with Gasteiger partial charge in [0.05, 0.1) is 6.61 Å². The minimum absolute atomic E-state index is 0.179. The summed E-state index contributed by atoms with van der Waals surface area (Å²) in [6.07, 6.45) is 13.6. The Kier molecular flexibility index (Phi) is 6.65. The van der Waals surface area contributed by atoms with Gasteiger partial charge in [-0.2, -0.15) is 0 Å². The number of ketones is 1. The van der Waals surface area contributed by atoms with E-state index in [1.54, 1.807) is 12.2 Å². The number of carbonyl (C=O) groups excluding carboxylic acids is 1. The normalized spacial score (nSPS) is 18.2. The van der Waals surface area contributed by atoms with Crippen molar-refractivity contribution in [2.75, 3.05) is 6.61 Å². The van der Waals surface area contributed by atoms with E-state index in [2.05, 4.69) is 25.3 Å². The van der Waals surface area contributed by atoms with E-state index >= 15 is 0 Å². The highest BCUT2D eigenvalue weighted by atomic mass is 16.5. The molecule has 19 heavy (non-hydrogen) atoms. The van der Waals surface area contributed by atoms with Crippen molar-refractivity contribution in [3.8, 4) is 0 Å². The fourth-order valence-electron chi connectivity index (χ4n) is 1.79. The van der Waals surface area contributed by atoms with Crippen molar-refractivity contribution in [2.45, 2.75) is 26.2 Å². The SMILES string of the molecule is C=C/C=C(/CC(=O)CC)C(=C)OCC1C=CC=CC1. The summed E-state index contributed by atoms with van der Waals surface area (Å²) in [7, 11) is 0. The molecule has 1 aliphatic carbocycles. The maximum atomic E-state index is 11.5. The van der Waals surface area contributed by atoms with Gasteiger partial charge in [0.25, 0.3) is 0 Å². The monoisotopic (exact) mass is 258 g/mol. The van der Waals surface area contributed by atoms with Gasteiger partial charge in [-0.3, -0.25) is 4.79 Å². The Labute approximate surface area is 115 Å². The van der Waals surface area contributed by atoms with Gasteiger partial charge >= 0.3 is 0 Å². The quantitative estimate of drug-likeness (QED) is 0.483. The summed E-state index contributed by atoms with van der Waals surface area (Å²) >= 11 is 0. The van der Waals surface area contributed by atoms with E-state index in [0.717, 1.165) is 12.0 Å². The van der Waals surface area contributed by atoms with Gasteiger partial charge in [0.15, 0.2) is 0 Å². The van der Waals surface area contributed by atoms with Gasteiger partial charge in [0, 0.05) is 24.3 Å². The molecule has 0 aromatic carbocycles. The molecule has 0 radical (unpaired) electrons. The second-order valence-corrected chi connectivity index (χ2v) is 4.54. The molecular formula is C17H22O2. The van der Waals surface area contributed by atoms with E-state index in [1.807, 2.05) is 19.1 Å². The number of rotatable bonds is 8. The molecule has 1 rings (SSSR count). The third-order valence-corrected chi connectivity index (χ3v) is 3.00. The topological polar surface area (TPSA) is 26.3 Å². The second kappa shape index (κ2) is 8.30. The van der Waals surface area contributed by atoms with Crippen LogP contribution in [0.1, 0.15) is 26.2 Å². The molecule has 0 amide bonds. The van der Waals surface area contributed by atoms with Crippen molar-refractivity contribution in [2.24, 2.45) is 5.92 Å². The maximum Gasteiger partial charge on any atom is 0.137 e. The van der Waals surface area contributed by atoms with Crippen molar-refractivity contribution in [1.29, 1.82) is 0 Å². The highest BCUT2D eigenvalue weighted by molar-refractivity contribution is 5.81. The summed E-state index contributed by atoms with van der Waals surface area (Å²) in [6.45, 7) is 10.0. The molecule has 1 aliphatic rings. The van der Waals surface area contributed by atoms with Crippen LogP contribution in [-0.2, 0) is 9.53 Å². The average molecular weight is 258 g/mol. The predicted molar refractivity (Wildman–Crippen MR) is 79.7 cm³/mol. The Hall–Kier alpha value is -1.83. The zero-order chi connectivity index (χ0) is 14.1. The first-order valence-corrected chi connectivity index (χ1v) is 6.66. The summed E-state index contributed by atoms with van der Waals surface area (Å²) in [6, 6.07) is 0. The van der Waals surface area contributed by atoms with E-state index in [9.17, 15) is 4.79 Å². The van der Waals surface area contributed by atoms with Crippen LogP contribution in [0.25, 0.3) is 0 Å². The zero-order valence-corrected chi connectivity index (χ0v) is 11.6. The lowest BCUT2D eigenvalue weighted by atomic mass is 10.0. The Morgan fingerprint density at radius 2 is 2.26 bits per heavy atom. The van der Waals surface area contributed by atoms with Crippen LogP contribution in [0.5, 0.6) is 0 Å². The summed E-state index contributed by atoms with van der Waals surface area (Å²) in [5.41, 5.74) is 0.817. The molecule has 0 fully saturated rings. The van der Waals surface area contributed by atoms with Crippen molar-refractivity contribution >= 4 is 5.78 Å². The Balaban J connectivity index is 2.50. The molecule has 0 aliphatic heterocycles. The summed E-state index contributed by atoms with van der Waals surface area (Å²) in [5, 5.41) is 0. The molecule has 0 spiro atoms. The van der Waals surface area contributed by atoms with Crippen molar-refractivity contribution in [3.63, 3.8) is 0 Å². The zero-order valence-electron chi connectivity index (χ0n) is 11.6. The lowest BCUT2D eigenvalue weighted by Crippen LogP contribution is -2.09. The van der Waals surface area contributed by atoms with Gasteiger partial charge in [0.1, 0.15) is 11.5 Å². The summed E-state index contributed by atoms with van der Waals surface area (Å²) < 4.78 is 5.69. The van der Waals surface area contributed by atoms with Gasteiger partial charge in [-0.1, -0.05) is 56.5 Å². The fraction of sp³-hybridized carbons (Fsp3) is 0.353. The molecule has 1 atom stereocenters. The lowest BCUT2D eigenvalue weighted by molar-refractivity contribution is -0.118. The molecule has 0 N–H and O–H groups in total. The minimum Gasteiger partial charge on any atom is -0.493 e. The molecule has 0 saturated heterocycles. The highest BCUT2D eigenvalue weighted by Crippen LogP contribution is 2.19. The molecule has 0 saturated carbocycles. The fourth-order valence-corrected chi connectivity index (χ4v) is 1.79. The summed E-state index contributed by atoms with van der Waals surface area (Å²) in [5.74, 6) is 1.14. The lowest BCUT2D eigenvalue weighted by Gasteiger charge is -2.17. The molecule has 1 unspecified atom stereocenters. The van der Waals surface area contributed by atoms with Crippen LogP contribution in [0, 0.1) is 5.92 Å². The first-order valence-electron chi connectivity index (χ1n) is 6.66. The Morgan fingerprint density at radius 3 is 2.84 bits per heavy atom. The van der Waals surface area contributed by atoms with E-state index < -0.39 is 0 Å². The van der Waals surface area contributed by atoms with E-state index in [-0.39, 0.29) is 5.78 Å². The molecular weight excluding hydrogens is 236 g/mol. The van der Waals surface area contributed by atoms with Crippen molar-refractivity contribution in [3.05, 3.63) is 60.9 Å². The largest absolute Gasteiger partial charge is 0.493 e. The number of Topliss-reactive ketones (excluding diaryl/α,β-unsaturated/α-hetero) is 1. The predicted octanol–water partition coefficient (Wildman–Crippen LogP) is 4.13. The van der Waals surface area contributed by atoms with E-state index in [0.29, 0.717) is 31.1 Å². The van der Waals surface area contributed by atoms with Gasteiger partial charge < -0.3 is 4.74 Å². The van der Waals surface area contributed by atoms with Crippen LogP contribution in [0.15, 0.2) is 60.9 Å². The molecule has 102 valence electrons. The van der Waals surface area contributed by atoms with Crippen molar-refractivity contribution < 1.29 is 9.53 Å². The molecule has 0 bridgehead atoms. The molecule has 0 heterocycles. The number of hydrogen-bond acceptors (Lipinski definition) is 2. The van der Waals surface area contributed by atoms with Crippen molar-refractivity contribution in [1.82, 2.24) is 0 Å².